The Hall–Kier alpha value is -3.57. The van der Waals surface area contributed by atoms with E-state index < -0.39 is 15.6 Å². The van der Waals surface area contributed by atoms with Crippen molar-refractivity contribution < 1.29 is 17.9 Å². The molecule has 2 fully saturated rings. The van der Waals surface area contributed by atoms with Crippen LogP contribution < -0.4 is 5.32 Å². The number of nitrogens with one attached hydrogen (secondary N) is 1. The van der Waals surface area contributed by atoms with Crippen LogP contribution in [0.3, 0.4) is 0 Å². The van der Waals surface area contributed by atoms with E-state index in [9.17, 15) is 13.2 Å². The van der Waals surface area contributed by atoms with E-state index in [0.717, 1.165) is 44.1 Å². The molecule has 10 nitrogen and oxygen atoms in total. The van der Waals surface area contributed by atoms with Crippen molar-refractivity contribution >= 4 is 44.4 Å². The Morgan fingerprint density at radius 2 is 1.72 bits per heavy atom. The number of anilines is 1. The average molecular weight is 667 g/mol. The van der Waals surface area contributed by atoms with Gasteiger partial charge in [-0.25, -0.2) is 22.2 Å². The van der Waals surface area contributed by atoms with E-state index in [4.69, 9.17) is 16.3 Å². The number of amides is 1. The van der Waals surface area contributed by atoms with Crippen LogP contribution in [0.4, 0.5) is 10.5 Å². The van der Waals surface area contributed by atoms with Crippen molar-refractivity contribution in [3.63, 3.8) is 0 Å². The monoisotopic (exact) mass is 666 g/mol. The van der Waals surface area contributed by atoms with E-state index in [2.05, 4.69) is 15.4 Å². The van der Waals surface area contributed by atoms with E-state index >= 15 is 0 Å². The van der Waals surface area contributed by atoms with Crippen LogP contribution in [0.25, 0.3) is 22.3 Å². The van der Waals surface area contributed by atoms with Crippen LogP contribution in [-0.4, -0.2) is 62.9 Å². The number of fused-ring (bicyclic) bond motifs is 1. The van der Waals surface area contributed by atoms with Gasteiger partial charge in [-0.15, -0.1) is 0 Å². The maximum Gasteiger partial charge on any atom is 0.410 e. The van der Waals surface area contributed by atoms with Crippen molar-refractivity contribution in [1.29, 1.82) is 0 Å². The lowest BCUT2D eigenvalue weighted by Gasteiger charge is -2.46. The predicted octanol–water partition coefficient (Wildman–Crippen LogP) is 7.32. The number of carbonyl (C=O) groups excluding carboxylic acids is 1. The van der Waals surface area contributed by atoms with Crippen LogP contribution in [0.2, 0.25) is 5.02 Å². The number of aryl methyl sites for hydroxylation is 3. The number of rotatable bonds is 5. The fourth-order valence-corrected chi connectivity index (χ4v) is 8.59. The van der Waals surface area contributed by atoms with Gasteiger partial charge in [0.15, 0.2) is 5.65 Å². The molecule has 246 valence electrons. The third kappa shape index (κ3) is 6.23. The van der Waals surface area contributed by atoms with Crippen molar-refractivity contribution in [3.05, 3.63) is 59.0 Å². The van der Waals surface area contributed by atoms with Crippen molar-refractivity contribution in [2.45, 2.75) is 89.7 Å². The van der Waals surface area contributed by atoms with Gasteiger partial charge in [-0.05, 0) is 96.8 Å². The molecule has 6 rings (SSSR count). The number of likely N-dealkylation sites (tertiary alicyclic amines) is 1. The van der Waals surface area contributed by atoms with E-state index in [1.54, 1.807) is 28.9 Å². The lowest BCUT2D eigenvalue weighted by molar-refractivity contribution is 0.00394. The van der Waals surface area contributed by atoms with Crippen LogP contribution in [0.15, 0.2) is 47.6 Å². The molecule has 1 aliphatic heterocycles. The molecule has 2 aliphatic rings. The van der Waals surface area contributed by atoms with E-state index in [0.29, 0.717) is 51.8 Å². The van der Waals surface area contributed by atoms with Gasteiger partial charge in [0.2, 0.25) is 0 Å². The van der Waals surface area contributed by atoms with Crippen molar-refractivity contribution in [2.75, 3.05) is 18.4 Å². The molecular formula is C34H43ClN6O4S. The summed E-state index contributed by atoms with van der Waals surface area (Å²) in [6.07, 6.45) is 9.04. The van der Waals surface area contributed by atoms with Crippen molar-refractivity contribution in [2.24, 2.45) is 12.5 Å². The first-order valence-electron chi connectivity index (χ1n) is 15.9. The maximum atomic E-state index is 14.2. The fourth-order valence-electron chi connectivity index (χ4n) is 6.91. The zero-order valence-corrected chi connectivity index (χ0v) is 29.0. The molecule has 0 bridgehead atoms. The Morgan fingerprint density at radius 3 is 2.30 bits per heavy atom. The second kappa shape index (κ2) is 11.9. The summed E-state index contributed by atoms with van der Waals surface area (Å²) >= 11 is 6.80. The van der Waals surface area contributed by atoms with Gasteiger partial charge < -0.3 is 15.0 Å². The SMILES string of the molecule is Cc1ccc(S(=O)(=O)n2c(-c3cn(C)nc3C)cc3c(NC4CCC5(CC4)CCN(C(=O)OC(C)(C)C)CC5)c(Cl)cnc32)cc1. The second-order valence-corrected chi connectivity index (χ2v) is 16.2. The van der Waals surface area contributed by atoms with Gasteiger partial charge in [-0.2, -0.15) is 5.10 Å². The summed E-state index contributed by atoms with van der Waals surface area (Å²) in [6.45, 7) is 10.9. The smallest absolute Gasteiger partial charge is 0.410 e. The molecular weight excluding hydrogens is 624 g/mol. The van der Waals surface area contributed by atoms with Crippen LogP contribution >= 0.6 is 11.6 Å². The zero-order valence-electron chi connectivity index (χ0n) is 27.4. The third-order valence-electron chi connectivity index (χ3n) is 9.46. The number of aromatic nitrogens is 4. The minimum Gasteiger partial charge on any atom is -0.444 e. The number of piperidine rings is 1. The number of carbonyl (C=O) groups is 1. The predicted molar refractivity (Wildman–Crippen MR) is 181 cm³/mol. The molecule has 3 aromatic heterocycles. The Bertz CT molecular complexity index is 1870. The number of nitrogens with zero attached hydrogens (tertiary/aromatic N) is 5. The molecule has 1 amide bonds. The molecule has 1 saturated carbocycles. The molecule has 4 heterocycles. The largest absolute Gasteiger partial charge is 0.444 e. The Morgan fingerprint density at radius 1 is 1.07 bits per heavy atom. The summed E-state index contributed by atoms with van der Waals surface area (Å²) in [6, 6.07) is 8.87. The molecule has 1 N–H and O–H groups in total. The first-order chi connectivity index (χ1) is 21.7. The number of hydrogen-bond donors (Lipinski definition) is 1. The number of halogens is 1. The van der Waals surface area contributed by atoms with E-state index in [1.807, 2.05) is 58.8 Å². The lowest BCUT2D eigenvalue weighted by atomic mass is 9.67. The van der Waals surface area contributed by atoms with Gasteiger partial charge in [-0.1, -0.05) is 29.3 Å². The summed E-state index contributed by atoms with van der Waals surface area (Å²) in [4.78, 5) is 19.2. The number of ether oxygens (including phenoxy) is 1. The van der Waals surface area contributed by atoms with Crippen LogP contribution in [0.5, 0.6) is 0 Å². The highest BCUT2D eigenvalue weighted by atomic mass is 35.5. The summed E-state index contributed by atoms with van der Waals surface area (Å²) in [5.41, 5.74) is 3.58. The van der Waals surface area contributed by atoms with E-state index in [1.165, 1.54) is 10.2 Å². The Balaban J connectivity index is 1.28. The Labute approximate surface area is 276 Å². The summed E-state index contributed by atoms with van der Waals surface area (Å²) in [7, 11) is -2.20. The number of hydrogen-bond acceptors (Lipinski definition) is 7. The summed E-state index contributed by atoms with van der Waals surface area (Å²) < 4.78 is 37.1. The van der Waals surface area contributed by atoms with Crippen LogP contribution in [0.1, 0.15) is 70.6 Å². The highest BCUT2D eigenvalue weighted by Crippen LogP contribution is 2.46. The third-order valence-corrected chi connectivity index (χ3v) is 11.5. The fraction of sp³-hybridized carbons (Fsp3) is 0.500. The molecule has 4 aromatic rings. The van der Waals surface area contributed by atoms with Crippen LogP contribution in [-0.2, 0) is 21.8 Å². The molecule has 0 atom stereocenters. The molecule has 0 unspecified atom stereocenters. The highest BCUT2D eigenvalue weighted by molar-refractivity contribution is 7.90. The van der Waals surface area contributed by atoms with Crippen molar-refractivity contribution in [3.8, 4) is 11.3 Å². The van der Waals surface area contributed by atoms with Crippen molar-refractivity contribution in [1.82, 2.24) is 23.6 Å². The molecule has 0 radical (unpaired) electrons. The van der Waals surface area contributed by atoms with E-state index in [-0.39, 0.29) is 22.4 Å². The average Bonchev–Trinajstić information content (AvgIpc) is 3.54. The highest BCUT2D eigenvalue weighted by Gasteiger charge is 2.40. The second-order valence-electron chi connectivity index (χ2n) is 14.0. The molecule has 1 aliphatic carbocycles. The van der Waals surface area contributed by atoms with Gasteiger partial charge in [0.1, 0.15) is 5.60 Å². The standard InChI is InChI=1S/C34H43ClN6O4S/c1-22-7-9-25(10-8-22)46(43,44)41-29(27-21-39(6)38-23(27)2)19-26-30(28(35)20-36-31(26)41)37-24-11-13-34(14-12-24)15-17-40(18-16-34)32(42)45-33(3,4)5/h7-10,19-21,24H,11-18H2,1-6H3,(H,36,37). The topological polar surface area (TPSA) is 111 Å². The quantitative estimate of drug-likeness (QED) is 0.238. The molecule has 1 saturated heterocycles. The minimum atomic E-state index is -4.02. The zero-order chi connectivity index (χ0) is 33.0. The molecule has 46 heavy (non-hydrogen) atoms. The summed E-state index contributed by atoms with van der Waals surface area (Å²) in [5, 5.41) is 9.27. The lowest BCUT2D eigenvalue weighted by Crippen LogP contribution is -2.47. The van der Waals surface area contributed by atoms with Gasteiger partial charge >= 0.3 is 6.09 Å². The van der Waals surface area contributed by atoms with Gasteiger partial charge in [-0.3, -0.25) is 4.68 Å². The Kier molecular flexibility index (Phi) is 8.38. The number of pyridine rings is 1. The van der Waals surface area contributed by atoms with Gasteiger partial charge in [0.25, 0.3) is 10.0 Å². The number of benzene rings is 1. The molecule has 1 aromatic carbocycles. The summed E-state index contributed by atoms with van der Waals surface area (Å²) in [5.74, 6) is 0. The first-order valence-corrected chi connectivity index (χ1v) is 17.7. The van der Waals surface area contributed by atoms with Gasteiger partial charge in [0, 0.05) is 43.3 Å². The normalized spacial score (nSPS) is 17.5. The van der Waals surface area contributed by atoms with Crippen LogP contribution in [0, 0.1) is 19.3 Å². The first kappa shape index (κ1) is 32.4. The molecule has 12 heteroatoms. The van der Waals surface area contributed by atoms with Gasteiger partial charge in [0.05, 0.1) is 33.2 Å². The minimum absolute atomic E-state index is 0.165. The molecule has 1 spiro atoms. The maximum absolute atomic E-state index is 14.2.